The fourth-order valence-electron chi connectivity index (χ4n) is 2.56. The summed E-state index contributed by atoms with van der Waals surface area (Å²) in [4.78, 5) is 35.4. The van der Waals surface area contributed by atoms with Crippen molar-refractivity contribution in [2.75, 3.05) is 0 Å². The molecule has 5 heteroatoms. The second kappa shape index (κ2) is 6.28. The molecule has 0 saturated carbocycles. The molecule has 5 nitrogen and oxygen atoms in total. The molecule has 2 aromatic carbocycles. The Balaban J connectivity index is 1.77. The largest absolute Gasteiger partial charge is 0.489 e. The summed E-state index contributed by atoms with van der Waals surface area (Å²) in [6, 6.07) is 12.6. The molecule has 122 valence electrons. The molecule has 2 aromatic rings. The summed E-state index contributed by atoms with van der Waals surface area (Å²) in [5.74, 6) is -1.18. The Bertz CT molecular complexity index is 820. The van der Waals surface area contributed by atoms with Crippen LogP contribution >= 0.6 is 0 Å². The van der Waals surface area contributed by atoms with E-state index in [1.54, 1.807) is 6.07 Å². The second-order valence-corrected chi connectivity index (χ2v) is 5.70. The predicted molar refractivity (Wildman–Crippen MR) is 86.2 cm³/mol. The van der Waals surface area contributed by atoms with E-state index in [0.29, 0.717) is 12.4 Å². The monoisotopic (exact) mass is 324 g/mol. The van der Waals surface area contributed by atoms with Crippen LogP contribution in [0.5, 0.6) is 5.75 Å². The highest BCUT2D eigenvalue weighted by Gasteiger charge is 2.41. The van der Waals surface area contributed by atoms with E-state index in [1.165, 1.54) is 19.1 Å². The maximum atomic E-state index is 12.3. The number of fused-ring (bicyclic) bond motifs is 1. The third-order valence-corrected chi connectivity index (χ3v) is 3.81. The van der Waals surface area contributed by atoms with E-state index in [4.69, 9.17) is 9.47 Å². The predicted octanol–water partition coefficient (Wildman–Crippen LogP) is 2.88. The third kappa shape index (κ3) is 3.06. The first-order valence-electron chi connectivity index (χ1n) is 7.54. The van der Waals surface area contributed by atoms with Gasteiger partial charge in [0.05, 0.1) is 0 Å². The Morgan fingerprint density at radius 1 is 1.00 bits per heavy atom. The number of aryl methyl sites for hydroxylation is 1. The number of esters is 1. The minimum Gasteiger partial charge on any atom is -0.489 e. The van der Waals surface area contributed by atoms with Gasteiger partial charge in [-0.25, -0.2) is 0 Å². The Morgan fingerprint density at radius 3 is 2.33 bits per heavy atom. The van der Waals surface area contributed by atoms with Crippen LogP contribution in [0.1, 0.15) is 38.8 Å². The van der Waals surface area contributed by atoms with Crippen LogP contribution in [0, 0.1) is 6.92 Å². The first kappa shape index (κ1) is 15.9. The number of hydrogen-bond acceptors (Lipinski definition) is 5. The van der Waals surface area contributed by atoms with Crippen LogP contribution in [0.4, 0.5) is 0 Å². The molecule has 1 atom stereocenters. The molecule has 1 aliphatic rings. The van der Waals surface area contributed by atoms with Crippen molar-refractivity contribution >= 4 is 17.5 Å². The van der Waals surface area contributed by atoms with Gasteiger partial charge in [-0.05, 0) is 30.7 Å². The smallest absolute Gasteiger partial charge is 0.303 e. The van der Waals surface area contributed by atoms with Crippen LogP contribution in [0.2, 0.25) is 0 Å². The molecular weight excluding hydrogens is 308 g/mol. The summed E-state index contributed by atoms with van der Waals surface area (Å²) < 4.78 is 10.5. The molecule has 0 N–H and O–H groups in total. The summed E-state index contributed by atoms with van der Waals surface area (Å²) in [5, 5.41) is 0. The highest BCUT2D eigenvalue weighted by Crippen LogP contribution is 2.28. The molecule has 1 unspecified atom stereocenters. The quantitative estimate of drug-likeness (QED) is 0.639. The number of ether oxygens (including phenoxy) is 2. The lowest BCUT2D eigenvalue weighted by atomic mass is 10.1. The molecule has 0 aliphatic heterocycles. The van der Waals surface area contributed by atoms with Crippen LogP contribution in [-0.4, -0.2) is 23.6 Å². The van der Waals surface area contributed by atoms with Gasteiger partial charge in [-0.1, -0.05) is 29.8 Å². The van der Waals surface area contributed by atoms with Crippen LogP contribution in [0.3, 0.4) is 0 Å². The van der Waals surface area contributed by atoms with Gasteiger partial charge in [-0.2, -0.15) is 0 Å². The minimum absolute atomic E-state index is 0.229. The topological polar surface area (TPSA) is 69.7 Å². The first-order valence-corrected chi connectivity index (χ1v) is 7.54. The van der Waals surface area contributed by atoms with Crippen molar-refractivity contribution in [3.63, 3.8) is 0 Å². The van der Waals surface area contributed by atoms with E-state index in [2.05, 4.69) is 0 Å². The van der Waals surface area contributed by atoms with E-state index in [0.717, 1.165) is 11.1 Å². The molecule has 0 radical (unpaired) electrons. The van der Waals surface area contributed by atoms with Gasteiger partial charge in [0.1, 0.15) is 12.4 Å². The number of rotatable bonds is 4. The Kier molecular flexibility index (Phi) is 4.16. The van der Waals surface area contributed by atoms with Crippen molar-refractivity contribution in [3.8, 4) is 5.75 Å². The Labute approximate surface area is 139 Å². The van der Waals surface area contributed by atoms with Crippen LogP contribution in [0.25, 0.3) is 0 Å². The van der Waals surface area contributed by atoms with Crippen LogP contribution in [0.15, 0.2) is 42.5 Å². The van der Waals surface area contributed by atoms with E-state index in [-0.39, 0.29) is 11.1 Å². The molecule has 0 amide bonds. The van der Waals surface area contributed by atoms with Gasteiger partial charge in [0.2, 0.25) is 17.7 Å². The Morgan fingerprint density at radius 2 is 1.67 bits per heavy atom. The van der Waals surface area contributed by atoms with Crippen molar-refractivity contribution < 1.29 is 23.9 Å². The van der Waals surface area contributed by atoms with E-state index >= 15 is 0 Å². The van der Waals surface area contributed by atoms with Gasteiger partial charge in [-0.3, -0.25) is 14.4 Å². The summed E-state index contributed by atoms with van der Waals surface area (Å²) in [7, 11) is 0. The van der Waals surface area contributed by atoms with Crippen LogP contribution < -0.4 is 4.74 Å². The number of carbonyl (C=O) groups is 3. The number of benzene rings is 2. The zero-order valence-electron chi connectivity index (χ0n) is 13.4. The number of Topliss-reactive ketones (excluding diaryl/α,β-unsaturated/α-hetero) is 2. The molecular formula is C19H16O5. The van der Waals surface area contributed by atoms with Crippen molar-refractivity contribution in [2.24, 2.45) is 0 Å². The fourth-order valence-corrected chi connectivity index (χ4v) is 2.56. The first-order chi connectivity index (χ1) is 11.5. The summed E-state index contributed by atoms with van der Waals surface area (Å²) in [5.41, 5.74) is 2.65. The van der Waals surface area contributed by atoms with Gasteiger partial charge in [0.25, 0.3) is 0 Å². The normalized spacial score (nSPS) is 16.0. The van der Waals surface area contributed by atoms with E-state index < -0.39 is 23.6 Å². The van der Waals surface area contributed by atoms with Gasteiger partial charge < -0.3 is 9.47 Å². The second-order valence-electron chi connectivity index (χ2n) is 5.70. The van der Waals surface area contributed by atoms with E-state index in [9.17, 15) is 14.4 Å². The molecule has 0 saturated heterocycles. The van der Waals surface area contributed by atoms with Crippen molar-refractivity contribution in [3.05, 3.63) is 64.7 Å². The SMILES string of the molecule is CC(=O)OC1C(=O)c2ccc(OCc3ccc(C)cc3)cc2C1=O. The zero-order chi connectivity index (χ0) is 17.3. The highest BCUT2D eigenvalue weighted by atomic mass is 16.5. The third-order valence-electron chi connectivity index (χ3n) is 3.81. The van der Waals surface area contributed by atoms with Crippen molar-refractivity contribution in [2.45, 2.75) is 26.6 Å². The molecule has 3 rings (SSSR count). The molecule has 0 fully saturated rings. The number of ketones is 2. The average molecular weight is 324 g/mol. The van der Waals surface area contributed by atoms with Gasteiger partial charge in [0, 0.05) is 18.1 Å². The van der Waals surface area contributed by atoms with Gasteiger partial charge in [0.15, 0.2) is 0 Å². The molecule has 1 aliphatic carbocycles. The van der Waals surface area contributed by atoms with Gasteiger partial charge in [-0.15, -0.1) is 0 Å². The zero-order valence-corrected chi connectivity index (χ0v) is 13.4. The Hall–Kier alpha value is -2.95. The standard InChI is InChI=1S/C19H16O5/c1-11-3-5-13(6-4-11)10-23-14-7-8-15-16(9-14)18(22)19(17(15)21)24-12(2)20/h3-9,19H,10H2,1-2H3. The number of carbonyl (C=O) groups excluding carboxylic acids is 3. The molecule has 0 spiro atoms. The summed E-state index contributed by atoms with van der Waals surface area (Å²) in [6.45, 7) is 3.53. The fraction of sp³-hybridized carbons (Fsp3) is 0.211. The lowest BCUT2D eigenvalue weighted by molar-refractivity contribution is -0.142. The molecule has 0 heterocycles. The molecule has 24 heavy (non-hydrogen) atoms. The van der Waals surface area contributed by atoms with E-state index in [1.807, 2.05) is 31.2 Å². The lowest BCUT2D eigenvalue weighted by Crippen LogP contribution is -2.27. The molecule has 0 bridgehead atoms. The van der Waals surface area contributed by atoms with Crippen molar-refractivity contribution in [1.82, 2.24) is 0 Å². The average Bonchev–Trinajstić information content (AvgIpc) is 2.79. The molecule has 0 aromatic heterocycles. The maximum Gasteiger partial charge on any atom is 0.303 e. The van der Waals surface area contributed by atoms with Crippen molar-refractivity contribution in [1.29, 1.82) is 0 Å². The number of hydrogen-bond donors (Lipinski definition) is 0. The highest BCUT2D eigenvalue weighted by molar-refractivity contribution is 6.29. The maximum absolute atomic E-state index is 12.3. The lowest BCUT2D eigenvalue weighted by Gasteiger charge is -2.07. The van der Waals surface area contributed by atoms with Gasteiger partial charge >= 0.3 is 5.97 Å². The van der Waals surface area contributed by atoms with Crippen LogP contribution in [-0.2, 0) is 16.1 Å². The minimum atomic E-state index is -1.37. The summed E-state index contributed by atoms with van der Waals surface area (Å²) >= 11 is 0. The summed E-state index contributed by atoms with van der Waals surface area (Å²) in [6.07, 6.45) is -1.37.